The highest BCUT2D eigenvalue weighted by Crippen LogP contribution is 2.38. The predicted octanol–water partition coefficient (Wildman–Crippen LogP) is 2.63. The first kappa shape index (κ1) is 28.1. The Hall–Kier alpha value is -2.94. The number of ketones is 1. The van der Waals surface area contributed by atoms with E-state index < -0.39 is 17.7 Å². The molecule has 3 atom stereocenters. The first-order valence-corrected chi connectivity index (χ1v) is 13.9. The lowest BCUT2D eigenvalue weighted by Crippen LogP contribution is -2.54. The molecule has 3 fully saturated rings. The molecule has 1 aliphatic carbocycles. The lowest BCUT2D eigenvalue weighted by atomic mass is 9.83. The number of benzene rings is 1. The molecular weight excluding hydrogens is 484 g/mol. The molecule has 1 saturated carbocycles. The van der Waals surface area contributed by atoms with E-state index in [1.807, 2.05) is 45.0 Å². The molecule has 1 aromatic rings. The van der Waals surface area contributed by atoms with Crippen molar-refractivity contribution >= 4 is 29.2 Å². The molecule has 0 radical (unpaired) electrons. The molecule has 0 spiro atoms. The van der Waals surface area contributed by atoms with Gasteiger partial charge in [0.15, 0.2) is 5.78 Å². The van der Waals surface area contributed by atoms with E-state index >= 15 is 0 Å². The van der Waals surface area contributed by atoms with Crippen molar-refractivity contribution in [2.75, 3.05) is 39.2 Å². The van der Waals surface area contributed by atoms with Crippen molar-refractivity contribution in [3.05, 3.63) is 29.8 Å². The summed E-state index contributed by atoms with van der Waals surface area (Å²) in [4.78, 5) is 59.0. The number of Topliss-reactive ketones (excluding diaryl/α,β-unsaturated/α-hetero) is 1. The van der Waals surface area contributed by atoms with Crippen molar-refractivity contribution in [1.29, 1.82) is 0 Å². The van der Waals surface area contributed by atoms with Gasteiger partial charge in [0.05, 0.1) is 12.6 Å². The highest BCUT2D eigenvalue weighted by molar-refractivity contribution is 6.01. The first-order chi connectivity index (χ1) is 18.1. The van der Waals surface area contributed by atoms with Gasteiger partial charge >= 0.3 is 0 Å². The average Bonchev–Trinajstić information content (AvgIpc) is 3.48. The highest BCUT2D eigenvalue weighted by Gasteiger charge is 2.55. The quantitative estimate of drug-likeness (QED) is 0.559. The van der Waals surface area contributed by atoms with Gasteiger partial charge in [0.2, 0.25) is 5.91 Å². The fraction of sp³-hybridized carbons (Fsp3) is 0.655. The predicted molar refractivity (Wildman–Crippen MR) is 145 cm³/mol. The van der Waals surface area contributed by atoms with Crippen LogP contribution in [-0.4, -0.2) is 91.3 Å². The van der Waals surface area contributed by atoms with E-state index in [0.717, 1.165) is 24.9 Å². The van der Waals surface area contributed by atoms with Crippen LogP contribution in [0.3, 0.4) is 0 Å². The summed E-state index contributed by atoms with van der Waals surface area (Å²) in [6.07, 6.45) is 5.24. The maximum atomic E-state index is 13.8. The molecule has 2 saturated heterocycles. The molecule has 9 heteroatoms. The molecule has 0 aromatic heterocycles. The van der Waals surface area contributed by atoms with Crippen molar-refractivity contribution < 1.29 is 23.9 Å². The van der Waals surface area contributed by atoms with Crippen molar-refractivity contribution in [2.45, 2.75) is 82.5 Å². The van der Waals surface area contributed by atoms with Crippen molar-refractivity contribution in [3.8, 4) is 0 Å². The molecule has 0 bridgehead atoms. The van der Waals surface area contributed by atoms with Crippen LogP contribution in [-0.2, 0) is 19.1 Å². The lowest BCUT2D eigenvalue weighted by molar-refractivity contribution is -0.160. The van der Waals surface area contributed by atoms with Gasteiger partial charge in [0, 0.05) is 39.0 Å². The van der Waals surface area contributed by atoms with E-state index in [0.29, 0.717) is 37.8 Å². The van der Waals surface area contributed by atoms with Crippen LogP contribution in [0.1, 0.15) is 69.2 Å². The summed E-state index contributed by atoms with van der Waals surface area (Å²) in [6, 6.07) is 5.44. The van der Waals surface area contributed by atoms with Gasteiger partial charge in [-0.05, 0) is 55.9 Å². The summed E-state index contributed by atoms with van der Waals surface area (Å²) >= 11 is 0. The fourth-order valence-corrected chi connectivity index (χ4v) is 6.27. The number of nitrogens with zero attached hydrogens (tertiary/aromatic N) is 3. The van der Waals surface area contributed by atoms with Crippen molar-refractivity contribution in [2.24, 2.45) is 5.92 Å². The molecule has 2 heterocycles. The van der Waals surface area contributed by atoms with E-state index in [4.69, 9.17) is 4.74 Å². The SMILES string of the molecule is COC1(C(=O)N2CC(=O)C3C2CCN3C(=O)C(CC(C)C)NC(=O)c2ccc(N(C)C)cc2)CCCCC1. The molecule has 3 unspecified atom stereocenters. The van der Waals surface area contributed by atoms with Gasteiger partial charge in [0.25, 0.3) is 11.8 Å². The maximum Gasteiger partial charge on any atom is 0.255 e. The number of hydrogen-bond donors (Lipinski definition) is 1. The van der Waals surface area contributed by atoms with Crippen LogP contribution in [0.2, 0.25) is 0 Å². The first-order valence-electron chi connectivity index (χ1n) is 13.9. The lowest BCUT2D eigenvalue weighted by Gasteiger charge is -2.38. The van der Waals surface area contributed by atoms with E-state index in [1.54, 1.807) is 29.0 Å². The average molecular weight is 527 g/mol. The Bertz CT molecular complexity index is 1050. The van der Waals surface area contributed by atoms with Gasteiger partial charge < -0.3 is 24.8 Å². The Labute approximate surface area is 225 Å². The Morgan fingerprint density at radius 3 is 2.32 bits per heavy atom. The summed E-state index contributed by atoms with van der Waals surface area (Å²) in [5, 5.41) is 2.93. The molecule has 208 valence electrons. The summed E-state index contributed by atoms with van der Waals surface area (Å²) < 4.78 is 5.77. The normalized spacial score (nSPS) is 23.4. The minimum absolute atomic E-state index is 0.00247. The largest absolute Gasteiger partial charge is 0.378 e. The van der Waals surface area contributed by atoms with Crippen LogP contribution in [0.25, 0.3) is 0 Å². The summed E-state index contributed by atoms with van der Waals surface area (Å²) in [5.41, 5.74) is 0.575. The molecule has 2 aliphatic heterocycles. The Morgan fingerprint density at radius 1 is 1.08 bits per heavy atom. The minimum atomic E-state index is -0.874. The zero-order valence-electron chi connectivity index (χ0n) is 23.4. The third-order valence-corrected chi connectivity index (χ3v) is 8.36. The maximum absolute atomic E-state index is 13.8. The number of likely N-dealkylation sites (tertiary alicyclic amines) is 2. The third kappa shape index (κ3) is 5.44. The van der Waals surface area contributed by atoms with Crippen molar-refractivity contribution in [1.82, 2.24) is 15.1 Å². The molecule has 3 amide bonds. The molecule has 3 aliphatic rings. The minimum Gasteiger partial charge on any atom is -0.378 e. The van der Waals surface area contributed by atoms with E-state index in [9.17, 15) is 19.2 Å². The van der Waals surface area contributed by atoms with Crippen LogP contribution in [0.4, 0.5) is 5.69 Å². The van der Waals surface area contributed by atoms with Crippen LogP contribution in [0.5, 0.6) is 0 Å². The van der Waals surface area contributed by atoms with Crippen LogP contribution in [0, 0.1) is 5.92 Å². The number of ether oxygens (including phenoxy) is 1. The molecule has 38 heavy (non-hydrogen) atoms. The number of amides is 3. The second-order valence-electron chi connectivity index (χ2n) is 11.6. The highest BCUT2D eigenvalue weighted by atomic mass is 16.5. The van der Waals surface area contributed by atoms with E-state index in [-0.39, 0.29) is 42.0 Å². The zero-order chi connectivity index (χ0) is 27.6. The number of carbonyl (C=O) groups excluding carboxylic acids is 4. The summed E-state index contributed by atoms with van der Waals surface area (Å²) in [7, 11) is 5.44. The topological polar surface area (TPSA) is 99.3 Å². The van der Waals surface area contributed by atoms with Gasteiger partial charge in [-0.3, -0.25) is 19.2 Å². The van der Waals surface area contributed by atoms with Gasteiger partial charge in [-0.2, -0.15) is 0 Å². The molecule has 1 N–H and O–H groups in total. The monoisotopic (exact) mass is 526 g/mol. The van der Waals surface area contributed by atoms with Crippen LogP contribution < -0.4 is 10.2 Å². The molecule has 1 aromatic carbocycles. The second-order valence-corrected chi connectivity index (χ2v) is 11.6. The van der Waals surface area contributed by atoms with Crippen LogP contribution in [0.15, 0.2) is 24.3 Å². The van der Waals surface area contributed by atoms with Crippen LogP contribution >= 0.6 is 0 Å². The number of rotatable bonds is 8. The van der Waals surface area contributed by atoms with Gasteiger partial charge in [0.1, 0.15) is 17.7 Å². The molecule has 4 rings (SSSR count). The molecular formula is C29H42N4O5. The number of hydrogen-bond acceptors (Lipinski definition) is 6. The molecule has 9 nitrogen and oxygen atoms in total. The Morgan fingerprint density at radius 2 is 1.74 bits per heavy atom. The van der Waals surface area contributed by atoms with E-state index in [1.165, 1.54) is 0 Å². The third-order valence-electron chi connectivity index (χ3n) is 8.36. The van der Waals surface area contributed by atoms with E-state index in [2.05, 4.69) is 5.32 Å². The van der Waals surface area contributed by atoms with Gasteiger partial charge in [-0.25, -0.2) is 0 Å². The summed E-state index contributed by atoms with van der Waals surface area (Å²) in [5.74, 6) is -0.664. The fourth-order valence-electron chi connectivity index (χ4n) is 6.27. The number of methoxy groups -OCH3 is 1. The van der Waals surface area contributed by atoms with Crippen molar-refractivity contribution in [3.63, 3.8) is 0 Å². The number of nitrogens with one attached hydrogen (secondary N) is 1. The van der Waals surface area contributed by atoms with Gasteiger partial charge in [-0.15, -0.1) is 0 Å². The standard InChI is InChI=1S/C29H42N4O5/c1-19(2)17-22(30-26(35)20-9-11-21(12-10-20)31(3)4)27(36)32-16-13-23-25(32)24(34)18-33(23)28(37)29(38-5)14-7-6-8-15-29/h9-12,19,22-23,25H,6-8,13-18H2,1-5H3,(H,30,35). The second kappa shape index (κ2) is 11.4. The zero-order valence-corrected chi connectivity index (χ0v) is 23.4. The number of carbonyl (C=O) groups is 4. The summed E-state index contributed by atoms with van der Waals surface area (Å²) in [6.45, 7) is 4.38. The van der Waals surface area contributed by atoms with Gasteiger partial charge in [-0.1, -0.05) is 33.1 Å². The Balaban J connectivity index is 1.49. The Kier molecular flexibility index (Phi) is 8.45. The number of fused-ring (bicyclic) bond motifs is 1. The smallest absolute Gasteiger partial charge is 0.255 e. The number of anilines is 1.